The molecule has 120 valence electrons. The molecule has 1 atom stereocenters. The van der Waals surface area contributed by atoms with Crippen molar-refractivity contribution < 1.29 is 13.3 Å². The molecular formula is C16H16F2N4O. The summed E-state index contributed by atoms with van der Waals surface area (Å²) in [6, 6.07) is 7.01. The first kappa shape index (κ1) is 14.3. The highest BCUT2D eigenvalue weighted by Gasteiger charge is 2.27. The van der Waals surface area contributed by atoms with Gasteiger partial charge < -0.3 is 9.42 Å². The average Bonchev–Trinajstić information content (AvgIpc) is 3.23. The van der Waals surface area contributed by atoms with E-state index < -0.39 is 6.55 Å². The molecule has 7 heteroatoms. The lowest BCUT2D eigenvalue weighted by Gasteiger charge is -2.04. The second-order valence-corrected chi connectivity index (χ2v) is 5.95. The second-order valence-electron chi connectivity index (χ2n) is 5.95. The summed E-state index contributed by atoms with van der Waals surface area (Å²) in [6.07, 6.45) is 2.36. The molecule has 3 aromatic rings. The zero-order valence-electron chi connectivity index (χ0n) is 12.6. The van der Waals surface area contributed by atoms with Gasteiger partial charge in [-0.3, -0.25) is 4.57 Å². The van der Waals surface area contributed by atoms with Crippen LogP contribution in [-0.2, 0) is 0 Å². The summed E-state index contributed by atoms with van der Waals surface area (Å²) in [4.78, 5) is 6.66. The normalized spacial score (nSPS) is 19.2. The van der Waals surface area contributed by atoms with Crippen LogP contribution in [-0.4, -0.2) is 39.7 Å². The minimum absolute atomic E-state index is 0.213. The molecule has 1 saturated heterocycles. The van der Waals surface area contributed by atoms with E-state index in [0.29, 0.717) is 28.2 Å². The monoisotopic (exact) mass is 318 g/mol. The Hall–Kier alpha value is -2.28. The lowest BCUT2D eigenvalue weighted by atomic mass is 10.1. The van der Waals surface area contributed by atoms with Gasteiger partial charge in [-0.25, -0.2) is 0 Å². The third kappa shape index (κ3) is 2.41. The average molecular weight is 318 g/mol. The molecule has 0 aliphatic carbocycles. The van der Waals surface area contributed by atoms with Crippen LogP contribution in [0.2, 0.25) is 0 Å². The van der Waals surface area contributed by atoms with Crippen molar-refractivity contribution in [1.29, 1.82) is 0 Å². The van der Waals surface area contributed by atoms with E-state index in [1.54, 1.807) is 18.2 Å². The minimum atomic E-state index is -2.61. The Kier molecular flexibility index (Phi) is 3.37. The van der Waals surface area contributed by atoms with Gasteiger partial charge in [0, 0.05) is 23.7 Å². The van der Waals surface area contributed by atoms with Gasteiger partial charge in [-0.1, -0.05) is 23.4 Å². The van der Waals surface area contributed by atoms with Gasteiger partial charge in [-0.2, -0.15) is 13.8 Å². The quantitative estimate of drug-likeness (QED) is 0.741. The maximum absolute atomic E-state index is 13.2. The Morgan fingerprint density at radius 2 is 2.13 bits per heavy atom. The first-order valence-corrected chi connectivity index (χ1v) is 7.53. The Morgan fingerprint density at radius 1 is 1.30 bits per heavy atom. The molecule has 2 aromatic heterocycles. The van der Waals surface area contributed by atoms with Gasteiger partial charge in [-0.05, 0) is 26.1 Å². The van der Waals surface area contributed by atoms with E-state index in [0.717, 1.165) is 24.1 Å². The molecule has 3 heterocycles. The van der Waals surface area contributed by atoms with Crippen LogP contribution in [0.25, 0.3) is 22.3 Å². The molecule has 0 amide bonds. The molecule has 23 heavy (non-hydrogen) atoms. The Morgan fingerprint density at radius 3 is 2.87 bits per heavy atom. The smallest absolute Gasteiger partial charge is 0.319 e. The summed E-state index contributed by atoms with van der Waals surface area (Å²) in [5.74, 6) is 1.16. The van der Waals surface area contributed by atoms with Gasteiger partial charge in [0.15, 0.2) is 0 Å². The van der Waals surface area contributed by atoms with Crippen LogP contribution in [0.5, 0.6) is 0 Å². The number of halogens is 2. The summed E-state index contributed by atoms with van der Waals surface area (Å²) in [5.41, 5.74) is 1.03. The fourth-order valence-corrected chi connectivity index (χ4v) is 3.19. The van der Waals surface area contributed by atoms with Crippen LogP contribution in [0.4, 0.5) is 8.78 Å². The topological polar surface area (TPSA) is 47.1 Å². The molecule has 1 aliphatic rings. The van der Waals surface area contributed by atoms with Crippen molar-refractivity contribution in [3.63, 3.8) is 0 Å². The van der Waals surface area contributed by atoms with Gasteiger partial charge in [0.1, 0.15) is 0 Å². The Bertz CT molecular complexity index is 842. The van der Waals surface area contributed by atoms with Crippen molar-refractivity contribution in [1.82, 2.24) is 19.6 Å². The van der Waals surface area contributed by atoms with Gasteiger partial charge in [0.25, 0.3) is 0 Å². The van der Waals surface area contributed by atoms with E-state index in [1.807, 2.05) is 13.1 Å². The number of para-hydroxylation sites is 1. The van der Waals surface area contributed by atoms with Gasteiger partial charge in [0.05, 0.1) is 11.4 Å². The van der Waals surface area contributed by atoms with Crippen LogP contribution in [0.1, 0.15) is 24.8 Å². The van der Waals surface area contributed by atoms with E-state index in [1.165, 1.54) is 6.20 Å². The molecule has 0 saturated carbocycles. The van der Waals surface area contributed by atoms with Crippen molar-refractivity contribution in [3.8, 4) is 11.4 Å². The number of aromatic nitrogens is 3. The highest BCUT2D eigenvalue weighted by molar-refractivity contribution is 5.94. The maximum Gasteiger partial charge on any atom is 0.319 e. The van der Waals surface area contributed by atoms with Crippen LogP contribution in [0, 0.1) is 0 Å². The number of likely N-dealkylation sites (tertiary alicyclic amines) is 1. The van der Waals surface area contributed by atoms with Gasteiger partial charge in [-0.15, -0.1) is 0 Å². The lowest BCUT2D eigenvalue weighted by molar-refractivity contribution is 0.0753. The molecule has 0 N–H and O–H groups in total. The van der Waals surface area contributed by atoms with Crippen LogP contribution in [0.15, 0.2) is 35.0 Å². The molecular weight excluding hydrogens is 302 g/mol. The number of fused-ring (bicyclic) bond motifs is 1. The minimum Gasteiger partial charge on any atom is -0.339 e. The Labute approximate surface area is 131 Å². The summed E-state index contributed by atoms with van der Waals surface area (Å²) >= 11 is 0. The molecule has 4 rings (SSSR count). The number of hydrogen-bond acceptors (Lipinski definition) is 4. The number of benzene rings is 1. The largest absolute Gasteiger partial charge is 0.339 e. The van der Waals surface area contributed by atoms with Gasteiger partial charge in [0.2, 0.25) is 11.7 Å². The summed E-state index contributed by atoms with van der Waals surface area (Å²) in [7, 11) is 2.05. The summed E-state index contributed by atoms with van der Waals surface area (Å²) < 4.78 is 32.7. The van der Waals surface area contributed by atoms with Crippen molar-refractivity contribution >= 4 is 10.9 Å². The fraction of sp³-hybridized carbons (Fsp3) is 0.375. The molecule has 1 fully saturated rings. The number of nitrogens with zero attached hydrogens (tertiary/aromatic N) is 4. The highest BCUT2D eigenvalue weighted by Crippen LogP contribution is 2.33. The second kappa shape index (κ2) is 5.42. The predicted molar refractivity (Wildman–Crippen MR) is 81.3 cm³/mol. The van der Waals surface area contributed by atoms with Crippen LogP contribution in [0.3, 0.4) is 0 Å². The van der Waals surface area contributed by atoms with Crippen LogP contribution < -0.4 is 0 Å². The third-order valence-electron chi connectivity index (χ3n) is 4.37. The highest BCUT2D eigenvalue weighted by atomic mass is 19.3. The number of alkyl halides is 2. The standard InChI is InChI=1S/C16H16F2N4O/c1-21-7-6-10(8-21)15-19-14(20-23-15)12-9-22(16(17)18)13-5-3-2-4-11(12)13/h2-5,9-10,16H,6-8H2,1H3/t10-/m0/s1. The van der Waals surface area contributed by atoms with E-state index in [4.69, 9.17) is 4.52 Å². The zero-order chi connectivity index (χ0) is 16.0. The molecule has 0 bridgehead atoms. The molecule has 1 aromatic carbocycles. The zero-order valence-corrected chi connectivity index (χ0v) is 12.6. The SMILES string of the molecule is CN1CC[C@H](c2nc(-c3cn(C(F)F)c4ccccc34)no2)C1. The Balaban J connectivity index is 1.76. The summed E-state index contributed by atoms with van der Waals surface area (Å²) in [6.45, 7) is -0.739. The number of likely N-dealkylation sites (N-methyl/N-ethyl adjacent to an activating group) is 1. The van der Waals surface area contributed by atoms with Crippen molar-refractivity contribution in [2.45, 2.75) is 18.9 Å². The third-order valence-corrected chi connectivity index (χ3v) is 4.37. The van der Waals surface area contributed by atoms with Crippen molar-refractivity contribution in [2.24, 2.45) is 0 Å². The molecule has 5 nitrogen and oxygen atoms in total. The molecule has 1 aliphatic heterocycles. The van der Waals surface area contributed by atoms with Crippen LogP contribution >= 0.6 is 0 Å². The molecule has 0 radical (unpaired) electrons. The molecule has 0 unspecified atom stereocenters. The maximum atomic E-state index is 13.2. The van der Waals surface area contributed by atoms with Crippen molar-refractivity contribution in [2.75, 3.05) is 20.1 Å². The lowest BCUT2D eigenvalue weighted by Crippen LogP contribution is -2.13. The van der Waals surface area contributed by atoms with E-state index in [-0.39, 0.29) is 5.92 Å². The van der Waals surface area contributed by atoms with E-state index in [2.05, 4.69) is 15.0 Å². The molecule has 0 spiro atoms. The van der Waals surface area contributed by atoms with Crippen molar-refractivity contribution in [3.05, 3.63) is 36.4 Å². The summed E-state index contributed by atoms with van der Waals surface area (Å²) in [5, 5.41) is 4.71. The predicted octanol–water partition coefficient (Wildman–Crippen LogP) is 3.51. The number of hydrogen-bond donors (Lipinski definition) is 0. The van der Waals surface area contributed by atoms with E-state index in [9.17, 15) is 8.78 Å². The van der Waals surface area contributed by atoms with E-state index >= 15 is 0 Å². The number of rotatable bonds is 3. The first-order chi connectivity index (χ1) is 11.1. The fourth-order valence-electron chi connectivity index (χ4n) is 3.19. The first-order valence-electron chi connectivity index (χ1n) is 7.53. The van der Waals surface area contributed by atoms with Gasteiger partial charge >= 0.3 is 6.55 Å².